The highest BCUT2D eigenvalue weighted by molar-refractivity contribution is 5.98. The zero-order chi connectivity index (χ0) is 20.8. The fourth-order valence-electron chi connectivity index (χ4n) is 3.78. The predicted molar refractivity (Wildman–Crippen MR) is 113 cm³/mol. The van der Waals surface area contributed by atoms with Crippen molar-refractivity contribution in [3.8, 4) is 5.75 Å². The Hall–Kier alpha value is -2.90. The van der Waals surface area contributed by atoms with E-state index in [9.17, 15) is 9.59 Å². The quantitative estimate of drug-likeness (QED) is 0.757. The molecule has 0 atom stereocenters. The maximum Gasteiger partial charge on any atom is 0.265 e. The highest BCUT2D eigenvalue weighted by Crippen LogP contribution is 2.31. The summed E-state index contributed by atoms with van der Waals surface area (Å²) in [6.07, 6.45) is 0.242. The summed E-state index contributed by atoms with van der Waals surface area (Å²) in [4.78, 5) is 28.7. The molecule has 2 amide bonds. The lowest BCUT2D eigenvalue weighted by Gasteiger charge is -2.29. The van der Waals surface area contributed by atoms with Crippen molar-refractivity contribution in [2.24, 2.45) is 0 Å². The summed E-state index contributed by atoms with van der Waals surface area (Å²) in [6, 6.07) is 15.6. The van der Waals surface area contributed by atoms with Crippen molar-refractivity contribution in [2.75, 3.05) is 44.4 Å². The van der Waals surface area contributed by atoms with Gasteiger partial charge in [-0.1, -0.05) is 36.4 Å². The number of fused-ring (bicyclic) bond motifs is 1. The zero-order valence-electron chi connectivity index (χ0n) is 17.0. The first kappa shape index (κ1) is 20.4. The molecule has 7 heteroatoms. The molecule has 0 saturated carbocycles. The third-order valence-corrected chi connectivity index (χ3v) is 5.46. The van der Waals surface area contributed by atoms with Gasteiger partial charge in [-0.25, -0.2) is 0 Å². The third kappa shape index (κ3) is 4.98. The van der Waals surface area contributed by atoms with E-state index in [0.717, 1.165) is 44.1 Å². The Labute approximate surface area is 176 Å². The first-order valence-corrected chi connectivity index (χ1v) is 10.4. The van der Waals surface area contributed by atoms with Gasteiger partial charge in [0.1, 0.15) is 5.75 Å². The lowest BCUT2D eigenvalue weighted by molar-refractivity contribution is -0.122. The van der Waals surface area contributed by atoms with E-state index in [0.29, 0.717) is 18.8 Å². The van der Waals surface area contributed by atoms with Crippen LogP contribution in [0.2, 0.25) is 0 Å². The molecule has 2 aliphatic heterocycles. The maximum absolute atomic E-state index is 12.5. The number of morpholine rings is 1. The van der Waals surface area contributed by atoms with E-state index in [-0.39, 0.29) is 24.8 Å². The Kier molecular flexibility index (Phi) is 6.61. The summed E-state index contributed by atoms with van der Waals surface area (Å²) in [7, 11) is 0. The van der Waals surface area contributed by atoms with Crippen molar-refractivity contribution in [3.63, 3.8) is 0 Å². The maximum atomic E-state index is 12.5. The van der Waals surface area contributed by atoms with Crippen molar-refractivity contribution in [1.29, 1.82) is 0 Å². The molecule has 0 aliphatic carbocycles. The second-order valence-electron chi connectivity index (χ2n) is 7.49. The van der Waals surface area contributed by atoms with Crippen LogP contribution in [-0.4, -0.2) is 56.2 Å². The lowest BCUT2D eigenvalue weighted by atomic mass is 10.1. The number of nitrogens with one attached hydrogen (secondary N) is 1. The Morgan fingerprint density at radius 3 is 2.57 bits per heavy atom. The van der Waals surface area contributed by atoms with Gasteiger partial charge in [-0.05, 0) is 23.3 Å². The Morgan fingerprint density at radius 1 is 1.00 bits per heavy atom. The highest BCUT2D eigenvalue weighted by atomic mass is 16.5. The van der Waals surface area contributed by atoms with Crippen LogP contribution >= 0.6 is 0 Å². The molecule has 2 aromatic rings. The van der Waals surface area contributed by atoms with Gasteiger partial charge in [0, 0.05) is 39.1 Å². The second-order valence-corrected chi connectivity index (χ2v) is 7.49. The van der Waals surface area contributed by atoms with Crippen LogP contribution in [-0.2, 0) is 27.4 Å². The molecule has 0 spiro atoms. The molecule has 1 fully saturated rings. The second kappa shape index (κ2) is 9.73. The number of nitrogens with zero attached hydrogens (tertiary/aromatic N) is 2. The number of carbonyl (C=O) groups is 2. The van der Waals surface area contributed by atoms with Crippen molar-refractivity contribution in [3.05, 3.63) is 59.7 Å². The van der Waals surface area contributed by atoms with Crippen molar-refractivity contribution < 1.29 is 19.1 Å². The van der Waals surface area contributed by atoms with Crippen molar-refractivity contribution >= 4 is 17.5 Å². The first-order valence-electron chi connectivity index (χ1n) is 10.4. The van der Waals surface area contributed by atoms with Gasteiger partial charge in [0.25, 0.3) is 5.91 Å². The Balaban J connectivity index is 1.31. The lowest BCUT2D eigenvalue weighted by Crippen LogP contribution is -2.41. The van der Waals surface area contributed by atoms with Gasteiger partial charge < -0.3 is 19.7 Å². The fourth-order valence-corrected chi connectivity index (χ4v) is 3.78. The van der Waals surface area contributed by atoms with Gasteiger partial charge in [0.15, 0.2) is 6.61 Å². The number of ether oxygens (including phenoxy) is 2. The summed E-state index contributed by atoms with van der Waals surface area (Å²) >= 11 is 0. The SMILES string of the molecule is O=C(CCN1C(=O)COc2ccccc21)NCc1ccccc1CN1CCOCC1. The summed E-state index contributed by atoms with van der Waals surface area (Å²) in [6.45, 7) is 5.06. The predicted octanol–water partition coefficient (Wildman–Crippen LogP) is 1.95. The molecule has 2 aromatic carbocycles. The van der Waals surface area contributed by atoms with Gasteiger partial charge >= 0.3 is 0 Å². The molecular formula is C23H27N3O4. The van der Waals surface area contributed by atoms with Crippen LogP contribution in [0.15, 0.2) is 48.5 Å². The number of amides is 2. The van der Waals surface area contributed by atoms with Gasteiger partial charge in [-0.3, -0.25) is 14.5 Å². The van der Waals surface area contributed by atoms with Gasteiger partial charge in [0.05, 0.1) is 18.9 Å². The largest absolute Gasteiger partial charge is 0.482 e. The monoisotopic (exact) mass is 409 g/mol. The molecule has 158 valence electrons. The topological polar surface area (TPSA) is 71.1 Å². The van der Waals surface area contributed by atoms with E-state index in [2.05, 4.69) is 22.3 Å². The van der Waals surface area contributed by atoms with Crippen LogP contribution in [0.25, 0.3) is 0 Å². The molecule has 2 aliphatic rings. The van der Waals surface area contributed by atoms with E-state index in [4.69, 9.17) is 9.47 Å². The van der Waals surface area contributed by atoms with E-state index in [1.165, 1.54) is 5.56 Å². The Bertz CT molecular complexity index is 896. The summed E-state index contributed by atoms with van der Waals surface area (Å²) in [5.74, 6) is 0.472. The molecule has 1 N–H and O–H groups in total. The van der Waals surface area contributed by atoms with Crippen molar-refractivity contribution in [2.45, 2.75) is 19.5 Å². The molecule has 0 unspecified atom stereocenters. The zero-order valence-corrected chi connectivity index (χ0v) is 17.0. The molecule has 2 heterocycles. The molecule has 1 saturated heterocycles. The highest BCUT2D eigenvalue weighted by Gasteiger charge is 2.25. The standard InChI is InChI=1S/C23H27N3O4/c27-22(9-10-26-20-7-3-4-8-21(20)30-17-23(26)28)24-15-18-5-1-2-6-19(18)16-25-11-13-29-14-12-25/h1-8H,9-17H2,(H,24,27). The van der Waals surface area contributed by atoms with Gasteiger partial charge in [0.2, 0.25) is 5.91 Å². The van der Waals surface area contributed by atoms with E-state index >= 15 is 0 Å². The summed E-state index contributed by atoms with van der Waals surface area (Å²) in [5, 5.41) is 3.00. The van der Waals surface area contributed by atoms with Crippen LogP contribution in [0.1, 0.15) is 17.5 Å². The van der Waals surface area contributed by atoms with Gasteiger partial charge in [-0.15, -0.1) is 0 Å². The number of hydrogen-bond donors (Lipinski definition) is 1. The minimum absolute atomic E-state index is 0.00749. The number of carbonyl (C=O) groups excluding carboxylic acids is 2. The van der Waals surface area contributed by atoms with Crippen LogP contribution in [0.5, 0.6) is 5.75 Å². The van der Waals surface area contributed by atoms with Crippen LogP contribution in [0.4, 0.5) is 5.69 Å². The van der Waals surface area contributed by atoms with Crippen LogP contribution < -0.4 is 15.0 Å². The summed E-state index contributed by atoms with van der Waals surface area (Å²) < 4.78 is 10.9. The number of anilines is 1. The van der Waals surface area contributed by atoms with Crippen LogP contribution in [0.3, 0.4) is 0 Å². The Morgan fingerprint density at radius 2 is 1.73 bits per heavy atom. The number of rotatable bonds is 7. The first-order chi connectivity index (χ1) is 14.7. The minimum Gasteiger partial charge on any atom is -0.482 e. The van der Waals surface area contributed by atoms with Gasteiger partial charge in [-0.2, -0.15) is 0 Å². The van der Waals surface area contributed by atoms with Crippen molar-refractivity contribution in [1.82, 2.24) is 10.2 Å². The average molecular weight is 409 g/mol. The van der Waals surface area contributed by atoms with E-state index < -0.39 is 0 Å². The molecular weight excluding hydrogens is 382 g/mol. The molecule has 0 radical (unpaired) electrons. The molecule has 0 bridgehead atoms. The third-order valence-electron chi connectivity index (χ3n) is 5.46. The minimum atomic E-state index is -0.127. The molecule has 7 nitrogen and oxygen atoms in total. The summed E-state index contributed by atoms with van der Waals surface area (Å²) in [5.41, 5.74) is 3.06. The average Bonchev–Trinajstić information content (AvgIpc) is 2.78. The normalized spacial score (nSPS) is 16.7. The van der Waals surface area contributed by atoms with E-state index in [1.54, 1.807) is 4.90 Å². The molecule has 30 heavy (non-hydrogen) atoms. The fraction of sp³-hybridized carbons (Fsp3) is 0.391. The smallest absolute Gasteiger partial charge is 0.265 e. The molecule has 0 aromatic heterocycles. The van der Waals surface area contributed by atoms with E-state index in [1.807, 2.05) is 36.4 Å². The number of benzene rings is 2. The number of hydrogen-bond acceptors (Lipinski definition) is 5. The number of para-hydroxylation sites is 2. The van der Waals surface area contributed by atoms with Crippen LogP contribution in [0, 0.1) is 0 Å². The molecule has 4 rings (SSSR count).